The van der Waals surface area contributed by atoms with E-state index in [2.05, 4.69) is 36.6 Å². The Kier molecular flexibility index (Phi) is 5.43. The molecule has 0 fully saturated rings. The summed E-state index contributed by atoms with van der Waals surface area (Å²) in [5.74, 6) is 0. The van der Waals surface area contributed by atoms with E-state index >= 15 is 0 Å². The van der Waals surface area contributed by atoms with E-state index in [-0.39, 0.29) is 11.5 Å². The van der Waals surface area contributed by atoms with Gasteiger partial charge < -0.3 is 5.11 Å². The number of hydrogen-bond acceptors (Lipinski definition) is 3. The Balaban J connectivity index is 2.30. The number of para-hydroxylation sites is 1. The maximum absolute atomic E-state index is 12.4. The summed E-state index contributed by atoms with van der Waals surface area (Å²) in [7, 11) is -3.66. The molecule has 112 valence electrons. The van der Waals surface area contributed by atoms with E-state index in [4.69, 9.17) is 5.11 Å². The standard InChI is InChI=1S/C14H13Br2NO3S/c15-12-2-1-3-13(16)14(12)17-21(19,20)11-6-4-10(5-7-11)8-9-18/h1-7,17-18H,8-9H2. The highest BCUT2D eigenvalue weighted by Crippen LogP contribution is 2.32. The molecule has 7 heteroatoms. The Morgan fingerprint density at radius 1 is 1.00 bits per heavy atom. The summed E-state index contributed by atoms with van der Waals surface area (Å²) in [5, 5.41) is 8.86. The van der Waals surface area contributed by atoms with Crippen LogP contribution in [0.2, 0.25) is 0 Å². The number of nitrogens with one attached hydrogen (secondary N) is 1. The van der Waals surface area contributed by atoms with Crippen LogP contribution in [0.4, 0.5) is 5.69 Å². The Morgan fingerprint density at radius 2 is 1.57 bits per heavy atom. The second-order valence-electron chi connectivity index (χ2n) is 4.32. The van der Waals surface area contributed by atoms with E-state index in [9.17, 15) is 8.42 Å². The summed E-state index contributed by atoms with van der Waals surface area (Å²) >= 11 is 6.64. The first-order valence-electron chi connectivity index (χ1n) is 6.10. The number of benzene rings is 2. The molecule has 2 N–H and O–H groups in total. The topological polar surface area (TPSA) is 66.4 Å². The van der Waals surface area contributed by atoms with Crippen molar-refractivity contribution in [2.75, 3.05) is 11.3 Å². The molecule has 0 aliphatic heterocycles. The van der Waals surface area contributed by atoms with E-state index in [0.29, 0.717) is 21.1 Å². The van der Waals surface area contributed by atoms with Crippen molar-refractivity contribution in [3.63, 3.8) is 0 Å². The first kappa shape index (κ1) is 16.5. The number of aliphatic hydroxyl groups excluding tert-OH is 1. The van der Waals surface area contributed by atoms with Crippen LogP contribution in [0.5, 0.6) is 0 Å². The predicted molar refractivity (Wildman–Crippen MR) is 89.9 cm³/mol. The molecule has 0 radical (unpaired) electrons. The number of halogens is 2. The van der Waals surface area contributed by atoms with Gasteiger partial charge in [0.05, 0.1) is 10.6 Å². The summed E-state index contributed by atoms with van der Waals surface area (Å²) < 4.78 is 28.6. The molecule has 0 aliphatic rings. The number of rotatable bonds is 5. The van der Waals surface area contributed by atoms with Crippen molar-refractivity contribution in [1.82, 2.24) is 0 Å². The molecule has 2 aromatic rings. The van der Waals surface area contributed by atoms with E-state index in [0.717, 1.165) is 5.56 Å². The zero-order valence-electron chi connectivity index (χ0n) is 10.9. The maximum Gasteiger partial charge on any atom is 0.261 e. The smallest absolute Gasteiger partial charge is 0.261 e. The zero-order chi connectivity index (χ0) is 15.5. The van der Waals surface area contributed by atoms with Crippen LogP contribution in [0.3, 0.4) is 0 Å². The van der Waals surface area contributed by atoms with Crippen molar-refractivity contribution in [2.24, 2.45) is 0 Å². The molecule has 0 spiro atoms. The average Bonchev–Trinajstić information content (AvgIpc) is 2.44. The fourth-order valence-electron chi connectivity index (χ4n) is 1.75. The van der Waals surface area contributed by atoms with Crippen LogP contribution in [0.25, 0.3) is 0 Å². The van der Waals surface area contributed by atoms with Gasteiger partial charge in [-0.15, -0.1) is 0 Å². The van der Waals surface area contributed by atoms with Gasteiger partial charge in [-0.2, -0.15) is 0 Å². The van der Waals surface area contributed by atoms with Crippen molar-refractivity contribution in [2.45, 2.75) is 11.3 Å². The van der Waals surface area contributed by atoms with Gasteiger partial charge in [0.25, 0.3) is 10.0 Å². The van der Waals surface area contributed by atoms with Crippen LogP contribution < -0.4 is 4.72 Å². The lowest BCUT2D eigenvalue weighted by Crippen LogP contribution is -2.13. The Labute approximate surface area is 140 Å². The van der Waals surface area contributed by atoms with Crippen molar-refractivity contribution >= 4 is 47.6 Å². The molecule has 0 saturated carbocycles. The average molecular weight is 435 g/mol. The minimum Gasteiger partial charge on any atom is -0.396 e. The molecular formula is C14H13Br2NO3S. The van der Waals surface area contributed by atoms with Crippen LogP contribution in [0, 0.1) is 0 Å². The van der Waals surface area contributed by atoms with Crippen molar-refractivity contribution < 1.29 is 13.5 Å². The van der Waals surface area contributed by atoms with Gasteiger partial charge in [0.15, 0.2) is 0 Å². The molecule has 0 heterocycles. The Hall–Kier alpha value is -0.890. The zero-order valence-corrected chi connectivity index (χ0v) is 14.9. The summed E-state index contributed by atoms with van der Waals surface area (Å²) in [5.41, 5.74) is 1.34. The maximum atomic E-state index is 12.4. The van der Waals surface area contributed by atoms with Crippen molar-refractivity contribution in [3.05, 3.63) is 57.0 Å². The molecule has 2 rings (SSSR count). The first-order chi connectivity index (χ1) is 9.94. The summed E-state index contributed by atoms with van der Waals surface area (Å²) in [6.45, 7) is 0.0360. The van der Waals surface area contributed by atoms with E-state index in [1.165, 1.54) is 12.1 Å². The Bertz CT molecular complexity index is 710. The molecule has 0 saturated heterocycles. The van der Waals surface area contributed by atoms with Crippen LogP contribution in [-0.2, 0) is 16.4 Å². The molecule has 2 aromatic carbocycles. The molecule has 0 atom stereocenters. The van der Waals surface area contributed by atoms with Crippen LogP contribution >= 0.6 is 31.9 Å². The fourth-order valence-corrected chi connectivity index (χ4v) is 4.31. The summed E-state index contributed by atoms with van der Waals surface area (Å²) in [6, 6.07) is 11.8. The van der Waals surface area contributed by atoms with Crippen LogP contribution in [0.15, 0.2) is 56.3 Å². The fraction of sp³-hybridized carbons (Fsp3) is 0.143. The lowest BCUT2D eigenvalue weighted by molar-refractivity contribution is 0.299. The van der Waals surface area contributed by atoms with Gasteiger partial charge in [-0.25, -0.2) is 8.42 Å². The van der Waals surface area contributed by atoms with E-state index in [1.807, 2.05) is 0 Å². The molecule has 21 heavy (non-hydrogen) atoms. The van der Waals surface area contributed by atoms with Gasteiger partial charge >= 0.3 is 0 Å². The van der Waals surface area contributed by atoms with Crippen LogP contribution in [0.1, 0.15) is 5.56 Å². The van der Waals surface area contributed by atoms with Gasteiger partial charge in [0, 0.05) is 15.6 Å². The van der Waals surface area contributed by atoms with Crippen molar-refractivity contribution in [1.29, 1.82) is 0 Å². The number of sulfonamides is 1. The second kappa shape index (κ2) is 6.91. The monoisotopic (exact) mass is 433 g/mol. The predicted octanol–water partition coefficient (Wildman–Crippen LogP) is 3.55. The molecule has 0 aromatic heterocycles. The minimum atomic E-state index is -3.66. The van der Waals surface area contributed by atoms with E-state index in [1.54, 1.807) is 30.3 Å². The van der Waals surface area contributed by atoms with Gasteiger partial charge in [-0.3, -0.25) is 4.72 Å². The summed E-state index contributed by atoms with van der Waals surface area (Å²) in [4.78, 5) is 0.173. The number of aliphatic hydroxyl groups is 1. The van der Waals surface area contributed by atoms with E-state index < -0.39 is 10.0 Å². The number of hydrogen-bond donors (Lipinski definition) is 2. The SMILES string of the molecule is O=S(=O)(Nc1c(Br)cccc1Br)c1ccc(CCO)cc1. The molecule has 0 aliphatic carbocycles. The lowest BCUT2D eigenvalue weighted by atomic mass is 10.2. The number of anilines is 1. The minimum absolute atomic E-state index is 0.0360. The highest BCUT2D eigenvalue weighted by Gasteiger charge is 2.17. The van der Waals surface area contributed by atoms with Gasteiger partial charge in [-0.1, -0.05) is 18.2 Å². The second-order valence-corrected chi connectivity index (χ2v) is 7.71. The molecule has 4 nitrogen and oxygen atoms in total. The van der Waals surface area contributed by atoms with Gasteiger partial charge in [0.1, 0.15) is 0 Å². The quantitative estimate of drug-likeness (QED) is 0.756. The van der Waals surface area contributed by atoms with Crippen molar-refractivity contribution in [3.8, 4) is 0 Å². The largest absolute Gasteiger partial charge is 0.396 e. The Morgan fingerprint density at radius 3 is 2.10 bits per heavy atom. The first-order valence-corrected chi connectivity index (χ1v) is 9.17. The third-order valence-corrected chi connectivity index (χ3v) is 5.52. The normalized spacial score (nSPS) is 11.4. The molecule has 0 amide bonds. The highest BCUT2D eigenvalue weighted by atomic mass is 79.9. The van der Waals surface area contributed by atoms with Gasteiger partial charge in [-0.05, 0) is 68.1 Å². The molecule has 0 unspecified atom stereocenters. The highest BCUT2D eigenvalue weighted by molar-refractivity contribution is 9.11. The van der Waals surface area contributed by atoms with Crippen LogP contribution in [-0.4, -0.2) is 20.1 Å². The third kappa shape index (κ3) is 4.06. The molecule has 0 bridgehead atoms. The third-order valence-electron chi connectivity index (χ3n) is 2.83. The summed E-state index contributed by atoms with van der Waals surface area (Å²) in [6.07, 6.45) is 0.504. The lowest BCUT2D eigenvalue weighted by Gasteiger charge is -2.12. The molecular weight excluding hydrogens is 422 g/mol. The van der Waals surface area contributed by atoms with Gasteiger partial charge in [0.2, 0.25) is 0 Å².